The number of carbonyl (C=O) groups excluding carboxylic acids is 2. The van der Waals surface area contributed by atoms with Crippen molar-refractivity contribution in [3.05, 3.63) is 65.7 Å². The number of carbonyl (C=O) groups is 2. The third-order valence-corrected chi connectivity index (χ3v) is 5.16. The Morgan fingerprint density at radius 3 is 2.86 bits per heavy atom. The fourth-order valence-electron chi connectivity index (χ4n) is 3.58. The summed E-state index contributed by atoms with van der Waals surface area (Å²) in [4.78, 5) is 30.6. The minimum atomic E-state index is -0.308. The number of likely N-dealkylation sites (tertiary alicyclic amines) is 1. The van der Waals surface area contributed by atoms with Crippen LogP contribution in [0.25, 0.3) is 0 Å². The van der Waals surface area contributed by atoms with Crippen molar-refractivity contribution in [3.8, 4) is 0 Å². The first kappa shape index (κ1) is 20.0. The van der Waals surface area contributed by atoms with Gasteiger partial charge in [0, 0.05) is 44.0 Å². The van der Waals surface area contributed by atoms with Crippen molar-refractivity contribution in [1.29, 1.82) is 0 Å². The molecule has 2 aromatic rings. The Kier molecular flexibility index (Phi) is 7.12. The van der Waals surface area contributed by atoms with E-state index in [2.05, 4.69) is 10.3 Å². The van der Waals surface area contributed by atoms with Gasteiger partial charge in [-0.15, -0.1) is 0 Å². The zero-order valence-electron chi connectivity index (χ0n) is 15.9. The number of benzene rings is 1. The molecule has 1 N–H and O–H groups in total. The molecular weight excluding hydrogens is 357 g/mol. The topological polar surface area (TPSA) is 62.3 Å². The largest absolute Gasteiger partial charge is 0.352 e. The standard InChI is InChI=1S/C22H26FN3O2/c23-20-8-2-1-7-19(20)15-25-21(27)10-9-17-6-4-12-26(16-17)22(28)13-18-5-3-11-24-14-18/h1-3,5,7-8,11,14,17H,4,6,9-10,12-13,15-16H2,(H,25,27). The molecular formula is C22H26FN3O2. The van der Waals surface area contributed by atoms with Crippen LogP contribution in [0.1, 0.15) is 36.8 Å². The molecule has 1 aromatic heterocycles. The summed E-state index contributed by atoms with van der Waals surface area (Å²) < 4.78 is 13.6. The summed E-state index contributed by atoms with van der Waals surface area (Å²) in [5, 5.41) is 2.78. The Labute approximate surface area is 165 Å². The van der Waals surface area contributed by atoms with Crippen LogP contribution < -0.4 is 5.32 Å². The number of aromatic nitrogens is 1. The van der Waals surface area contributed by atoms with Gasteiger partial charge < -0.3 is 10.2 Å². The van der Waals surface area contributed by atoms with Crippen molar-refractivity contribution in [2.75, 3.05) is 13.1 Å². The van der Waals surface area contributed by atoms with E-state index in [0.717, 1.165) is 31.4 Å². The van der Waals surface area contributed by atoms with Gasteiger partial charge in [-0.25, -0.2) is 4.39 Å². The maximum Gasteiger partial charge on any atom is 0.227 e. The van der Waals surface area contributed by atoms with Crippen LogP contribution >= 0.6 is 0 Å². The van der Waals surface area contributed by atoms with Gasteiger partial charge in [0.25, 0.3) is 0 Å². The third kappa shape index (κ3) is 5.87. The lowest BCUT2D eigenvalue weighted by Crippen LogP contribution is -2.41. The molecule has 2 heterocycles. The number of halogens is 1. The zero-order valence-corrected chi connectivity index (χ0v) is 15.9. The minimum Gasteiger partial charge on any atom is -0.352 e. The predicted octanol–water partition coefficient (Wildman–Crippen LogP) is 3.10. The molecule has 1 fully saturated rings. The molecule has 1 saturated heterocycles. The number of hydrogen-bond acceptors (Lipinski definition) is 3. The smallest absolute Gasteiger partial charge is 0.227 e. The number of nitrogens with zero attached hydrogens (tertiary/aromatic N) is 2. The second-order valence-corrected chi connectivity index (χ2v) is 7.29. The average molecular weight is 383 g/mol. The van der Waals surface area contributed by atoms with Gasteiger partial charge in [0.15, 0.2) is 0 Å². The SMILES string of the molecule is O=C(CCC1CCCN(C(=O)Cc2cccnc2)C1)NCc1ccccc1F. The van der Waals surface area contributed by atoms with E-state index >= 15 is 0 Å². The number of nitrogens with one attached hydrogen (secondary N) is 1. The highest BCUT2D eigenvalue weighted by Crippen LogP contribution is 2.21. The van der Waals surface area contributed by atoms with Crippen LogP contribution in [0.3, 0.4) is 0 Å². The van der Waals surface area contributed by atoms with Gasteiger partial charge in [0.05, 0.1) is 6.42 Å². The number of amides is 2. The molecule has 1 unspecified atom stereocenters. The summed E-state index contributed by atoms with van der Waals surface area (Å²) in [6.07, 6.45) is 6.89. The van der Waals surface area contributed by atoms with Gasteiger partial charge in [-0.2, -0.15) is 0 Å². The first-order valence-corrected chi connectivity index (χ1v) is 9.78. The first-order valence-electron chi connectivity index (χ1n) is 9.78. The van der Waals surface area contributed by atoms with Crippen LogP contribution in [0.4, 0.5) is 4.39 Å². The molecule has 28 heavy (non-hydrogen) atoms. The van der Waals surface area contributed by atoms with Gasteiger partial charge in [-0.1, -0.05) is 24.3 Å². The van der Waals surface area contributed by atoms with Crippen LogP contribution in [0.15, 0.2) is 48.8 Å². The van der Waals surface area contributed by atoms with E-state index in [-0.39, 0.29) is 24.2 Å². The van der Waals surface area contributed by atoms with Crippen molar-refractivity contribution in [2.45, 2.75) is 38.6 Å². The van der Waals surface area contributed by atoms with E-state index in [0.29, 0.717) is 30.9 Å². The second kappa shape index (κ2) is 9.97. The highest BCUT2D eigenvalue weighted by atomic mass is 19.1. The Balaban J connectivity index is 1.41. The zero-order chi connectivity index (χ0) is 19.8. The Morgan fingerprint density at radius 1 is 1.21 bits per heavy atom. The quantitative estimate of drug-likeness (QED) is 0.799. The fourth-order valence-corrected chi connectivity index (χ4v) is 3.58. The lowest BCUT2D eigenvalue weighted by molar-refractivity contribution is -0.132. The molecule has 5 nitrogen and oxygen atoms in total. The van der Waals surface area contributed by atoms with E-state index in [1.165, 1.54) is 6.07 Å². The number of piperidine rings is 1. The van der Waals surface area contributed by atoms with Crippen LogP contribution in [-0.2, 0) is 22.6 Å². The van der Waals surface area contributed by atoms with E-state index in [9.17, 15) is 14.0 Å². The van der Waals surface area contributed by atoms with Crippen LogP contribution in [-0.4, -0.2) is 34.8 Å². The number of pyridine rings is 1. The summed E-state index contributed by atoms with van der Waals surface area (Å²) in [5.74, 6) is 0.0485. The molecule has 1 aliphatic rings. The normalized spacial score (nSPS) is 16.6. The molecule has 1 atom stereocenters. The van der Waals surface area contributed by atoms with E-state index < -0.39 is 0 Å². The van der Waals surface area contributed by atoms with Crippen LogP contribution in [0, 0.1) is 11.7 Å². The Hall–Kier alpha value is -2.76. The highest BCUT2D eigenvalue weighted by Gasteiger charge is 2.24. The molecule has 0 saturated carbocycles. The number of hydrogen-bond donors (Lipinski definition) is 1. The fraction of sp³-hybridized carbons (Fsp3) is 0.409. The third-order valence-electron chi connectivity index (χ3n) is 5.16. The van der Waals surface area contributed by atoms with Crippen molar-refractivity contribution < 1.29 is 14.0 Å². The van der Waals surface area contributed by atoms with Crippen molar-refractivity contribution >= 4 is 11.8 Å². The van der Waals surface area contributed by atoms with E-state index in [4.69, 9.17) is 0 Å². The molecule has 0 radical (unpaired) electrons. The van der Waals surface area contributed by atoms with Crippen LogP contribution in [0.5, 0.6) is 0 Å². The van der Waals surface area contributed by atoms with Crippen LogP contribution in [0.2, 0.25) is 0 Å². The van der Waals surface area contributed by atoms with Gasteiger partial charge in [0.2, 0.25) is 11.8 Å². The number of rotatable bonds is 7. The molecule has 2 amide bonds. The van der Waals surface area contributed by atoms with Gasteiger partial charge in [0.1, 0.15) is 5.82 Å². The van der Waals surface area contributed by atoms with Gasteiger partial charge in [-0.3, -0.25) is 14.6 Å². The van der Waals surface area contributed by atoms with Crippen molar-refractivity contribution in [3.63, 3.8) is 0 Å². The van der Waals surface area contributed by atoms with E-state index in [1.807, 2.05) is 17.0 Å². The minimum absolute atomic E-state index is 0.0814. The van der Waals surface area contributed by atoms with Crippen molar-refractivity contribution in [1.82, 2.24) is 15.2 Å². The van der Waals surface area contributed by atoms with Crippen molar-refractivity contribution in [2.24, 2.45) is 5.92 Å². The Bertz CT molecular complexity index is 797. The molecule has 0 aliphatic carbocycles. The molecule has 148 valence electrons. The molecule has 0 spiro atoms. The summed E-state index contributed by atoms with van der Waals surface area (Å²) >= 11 is 0. The Morgan fingerprint density at radius 2 is 2.07 bits per heavy atom. The molecule has 1 aliphatic heterocycles. The van der Waals surface area contributed by atoms with Gasteiger partial charge in [-0.05, 0) is 42.9 Å². The maximum atomic E-state index is 13.6. The summed E-state index contributed by atoms with van der Waals surface area (Å²) in [6.45, 7) is 1.67. The molecule has 1 aromatic carbocycles. The monoisotopic (exact) mass is 383 g/mol. The average Bonchev–Trinajstić information content (AvgIpc) is 2.72. The lowest BCUT2D eigenvalue weighted by Gasteiger charge is -2.33. The van der Waals surface area contributed by atoms with E-state index in [1.54, 1.807) is 30.6 Å². The lowest BCUT2D eigenvalue weighted by atomic mass is 9.93. The predicted molar refractivity (Wildman–Crippen MR) is 105 cm³/mol. The molecule has 6 heteroatoms. The highest BCUT2D eigenvalue weighted by molar-refractivity contribution is 5.79. The maximum absolute atomic E-state index is 13.6. The summed E-state index contributed by atoms with van der Waals surface area (Å²) in [7, 11) is 0. The molecule has 0 bridgehead atoms. The van der Waals surface area contributed by atoms with Gasteiger partial charge >= 0.3 is 0 Å². The second-order valence-electron chi connectivity index (χ2n) is 7.29. The molecule has 3 rings (SSSR count). The first-order chi connectivity index (χ1) is 13.6. The summed E-state index contributed by atoms with van der Waals surface area (Å²) in [6, 6.07) is 10.2. The summed E-state index contributed by atoms with van der Waals surface area (Å²) in [5.41, 5.74) is 1.41.